The molecule has 0 radical (unpaired) electrons. The Labute approximate surface area is 193 Å². The highest BCUT2D eigenvalue weighted by atomic mass is 79.9. The SMILES string of the molecule is Nc1nc[n+](CCc2ccccc2Br)c2nc(Sc3cc4c(cc3Br)OCO4)[nH]c12. The van der Waals surface area contributed by atoms with E-state index >= 15 is 0 Å². The topological polar surface area (TPSA) is 89.9 Å². The van der Waals surface area contributed by atoms with Crippen molar-refractivity contribution in [2.45, 2.75) is 23.0 Å². The lowest BCUT2D eigenvalue weighted by Crippen LogP contribution is -2.36. The van der Waals surface area contributed by atoms with E-state index < -0.39 is 0 Å². The van der Waals surface area contributed by atoms with Crippen LogP contribution in [0.4, 0.5) is 5.82 Å². The monoisotopic (exact) mass is 548 g/mol. The van der Waals surface area contributed by atoms with E-state index in [1.807, 2.05) is 34.9 Å². The second-order valence-corrected chi connectivity index (χ2v) is 9.38. The lowest BCUT2D eigenvalue weighted by atomic mass is 10.1. The quantitative estimate of drug-likeness (QED) is 0.357. The fraction of sp³-hybridized carbons (Fsp3) is 0.150. The van der Waals surface area contributed by atoms with Crippen molar-refractivity contribution < 1.29 is 14.0 Å². The molecule has 2 aromatic carbocycles. The summed E-state index contributed by atoms with van der Waals surface area (Å²) in [5, 5.41) is 0.721. The van der Waals surface area contributed by atoms with Crippen LogP contribution in [0.2, 0.25) is 0 Å². The summed E-state index contributed by atoms with van der Waals surface area (Å²) in [6.07, 6.45) is 2.58. The summed E-state index contributed by atoms with van der Waals surface area (Å²) in [6.45, 7) is 0.968. The molecule has 0 fully saturated rings. The van der Waals surface area contributed by atoms with Crippen molar-refractivity contribution in [1.82, 2.24) is 15.0 Å². The molecule has 3 N–H and O–H groups in total. The number of anilines is 1. The molecule has 0 atom stereocenters. The third kappa shape index (κ3) is 3.75. The van der Waals surface area contributed by atoms with Crippen molar-refractivity contribution in [1.29, 1.82) is 0 Å². The summed E-state index contributed by atoms with van der Waals surface area (Å²) in [5.41, 5.74) is 8.83. The second kappa shape index (κ2) is 8.09. The minimum atomic E-state index is 0.236. The Hall–Kier alpha value is -2.30. The number of aryl methyl sites for hydroxylation is 2. The van der Waals surface area contributed by atoms with E-state index in [0.29, 0.717) is 5.82 Å². The minimum absolute atomic E-state index is 0.236. The van der Waals surface area contributed by atoms with Gasteiger partial charge in [-0.05, 0) is 51.5 Å². The highest BCUT2D eigenvalue weighted by Gasteiger charge is 2.22. The maximum atomic E-state index is 6.11. The van der Waals surface area contributed by atoms with Gasteiger partial charge in [0.05, 0.1) is 6.54 Å². The molecular formula is C20H16Br2N5O2S+. The van der Waals surface area contributed by atoms with Crippen molar-refractivity contribution in [3.63, 3.8) is 0 Å². The van der Waals surface area contributed by atoms with E-state index in [2.05, 4.69) is 47.9 Å². The molecule has 0 saturated carbocycles. The van der Waals surface area contributed by atoms with E-state index in [1.54, 1.807) is 6.33 Å². The molecule has 1 aliphatic heterocycles. The first kappa shape index (κ1) is 19.7. The number of nitrogens with one attached hydrogen (secondary N) is 1. The Morgan fingerprint density at radius 3 is 2.77 bits per heavy atom. The zero-order valence-corrected chi connectivity index (χ0v) is 19.6. The first-order valence-electron chi connectivity index (χ1n) is 9.12. The van der Waals surface area contributed by atoms with Gasteiger partial charge in [0.2, 0.25) is 24.1 Å². The first-order chi connectivity index (χ1) is 14.6. The molecule has 0 bridgehead atoms. The van der Waals surface area contributed by atoms with Gasteiger partial charge in [-0.2, -0.15) is 0 Å². The molecule has 0 spiro atoms. The molecule has 30 heavy (non-hydrogen) atoms. The molecular weight excluding hydrogens is 534 g/mol. The molecule has 5 rings (SSSR count). The number of nitrogens with zero attached hydrogens (tertiary/aromatic N) is 3. The Bertz CT molecular complexity index is 1260. The molecule has 1 aliphatic rings. The number of fused-ring (bicyclic) bond motifs is 2. The number of benzene rings is 2. The second-order valence-electron chi connectivity index (χ2n) is 6.64. The van der Waals surface area contributed by atoms with Gasteiger partial charge in [-0.15, -0.1) is 0 Å². The number of halogens is 2. The summed E-state index contributed by atoms with van der Waals surface area (Å²) in [5.74, 6) is 1.88. The molecule has 0 saturated heterocycles. The summed E-state index contributed by atoms with van der Waals surface area (Å²) >= 11 is 8.69. The fourth-order valence-corrected chi connectivity index (χ4v) is 5.08. The van der Waals surface area contributed by atoms with Gasteiger partial charge in [0.1, 0.15) is 0 Å². The normalized spacial score (nSPS) is 12.6. The number of H-pyrrole nitrogens is 1. The Balaban J connectivity index is 1.45. The standard InChI is InChI=1S/C20H15Br2N5O2S/c21-12-4-2-1-3-11(12)5-6-27-9-24-18(23)17-19(27)26-20(25-17)30-16-8-15-14(7-13(16)22)28-10-29-15/h1-4,7-9H,5-6,10H2,(H2,23,25,26)/p+1. The summed E-state index contributed by atoms with van der Waals surface area (Å²) < 4.78 is 14.9. The number of hydrogen-bond acceptors (Lipinski definition) is 6. The van der Waals surface area contributed by atoms with Gasteiger partial charge in [0.15, 0.2) is 17.0 Å². The van der Waals surface area contributed by atoms with Crippen molar-refractivity contribution in [3.05, 3.63) is 57.2 Å². The smallest absolute Gasteiger partial charge is 0.294 e. The van der Waals surface area contributed by atoms with E-state index in [1.165, 1.54) is 17.3 Å². The average Bonchev–Trinajstić information content (AvgIpc) is 3.36. The number of hydrogen-bond donors (Lipinski definition) is 2. The van der Waals surface area contributed by atoms with Gasteiger partial charge in [-0.3, -0.25) is 0 Å². The van der Waals surface area contributed by atoms with Crippen molar-refractivity contribution in [2.75, 3.05) is 12.5 Å². The number of nitrogen functional groups attached to an aromatic ring is 1. The van der Waals surface area contributed by atoms with E-state index in [-0.39, 0.29) is 6.79 Å². The van der Waals surface area contributed by atoms with E-state index in [0.717, 1.165) is 54.6 Å². The maximum Gasteiger partial charge on any atom is 0.294 e. The molecule has 3 heterocycles. The third-order valence-electron chi connectivity index (χ3n) is 4.74. The van der Waals surface area contributed by atoms with Crippen LogP contribution in [0.3, 0.4) is 0 Å². The molecule has 10 heteroatoms. The molecule has 152 valence electrons. The number of aromatic amines is 1. The largest absolute Gasteiger partial charge is 0.454 e. The summed E-state index contributed by atoms with van der Waals surface area (Å²) in [6, 6.07) is 12.0. The molecule has 2 aromatic heterocycles. The van der Waals surface area contributed by atoms with Crippen LogP contribution in [0.25, 0.3) is 11.2 Å². The molecule has 4 aromatic rings. The zero-order chi connectivity index (χ0) is 20.7. The molecule has 0 amide bonds. The summed E-state index contributed by atoms with van der Waals surface area (Å²) in [4.78, 5) is 13.4. The van der Waals surface area contributed by atoms with Crippen LogP contribution in [-0.2, 0) is 13.0 Å². The lowest BCUT2D eigenvalue weighted by Gasteiger charge is -2.04. The van der Waals surface area contributed by atoms with Crippen molar-refractivity contribution in [3.8, 4) is 11.5 Å². The number of imidazole rings is 1. The van der Waals surface area contributed by atoms with Crippen LogP contribution in [0.5, 0.6) is 11.5 Å². The number of nitrogens with two attached hydrogens (primary N) is 1. The van der Waals surface area contributed by atoms with Crippen molar-refractivity contribution in [2.24, 2.45) is 0 Å². The van der Waals surface area contributed by atoms with Gasteiger partial charge >= 0.3 is 0 Å². The van der Waals surface area contributed by atoms with Crippen molar-refractivity contribution >= 4 is 60.6 Å². The Morgan fingerprint density at radius 1 is 1.13 bits per heavy atom. The van der Waals surface area contributed by atoms with Crippen LogP contribution in [0.1, 0.15) is 5.56 Å². The third-order valence-corrected chi connectivity index (χ3v) is 7.38. The highest BCUT2D eigenvalue weighted by Crippen LogP contribution is 2.42. The molecule has 7 nitrogen and oxygen atoms in total. The predicted octanol–water partition coefficient (Wildman–Crippen LogP) is 4.48. The van der Waals surface area contributed by atoms with Gasteiger partial charge in [0.25, 0.3) is 5.65 Å². The van der Waals surface area contributed by atoms with Gasteiger partial charge in [-0.1, -0.05) is 44.1 Å². The van der Waals surface area contributed by atoms with Gasteiger partial charge in [0, 0.05) is 20.3 Å². The summed E-state index contributed by atoms with van der Waals surface area (Å²) in [7, 11) is 0. The Kier molecular flexibility index (Phi) is 5.30. The van der Waals surface area contributed by atoms with Crippen LogP contribution in [0, 0.1) is 0 Å². The van der Waals surface area contributed by atoms with E-state index in [9.17, 15) is 0 Å². The maximum absolute atomic E-state index is 6.11. The first-order valence-corrected chi connectivity index (χ1v) is 11.5. The number of ether oxygens (including phenoxy) is 2. The zero-order valence-electron chi connectivity index (χ0n) is 15.6. The van der Waals surface area contributed by atoms with E-state index in [4.69, 9.17) is 20.2 Å². The van der Waals surface area contributed by atoms with Crippen LogP contribution >= 0.6 is 43.6 Å². The predicted molar refractivity (Wildman–Crippen MR) is 121 cm³/mol. The molecule has 0 unspecified atom stereocenters. The van der Waals surface area contributed by atoms with Crippen LogP contribution in [0.15, 0.2) is 61.7 Å². The lowest BCUT2D eigenvalue weighted by molar-refractivity contribution is -0.675. The highest BCUT2D eigenvalue weighted by molar-refractivity contribution is 9.10. The van der Waals surface area contributed by atoms with Crippen LogP contribution < -0.4 is 19.8 Å². The minimum Gasteiger partial charge on any atom is -0.454 e. The Morgan fingerprint density at radius 2 is 1.93 bits per heavy atom. The molecule has 0 aliphatic carbocycles. The number of rotatable bonds is 5. The fourth-order valence-electron chi connectivity index (χ4n) is 3.22. The number of aromatic nitrogens is 4. The average molecular weight is 550 g/mol. The van der Waals surface area contributed by atoms with Gasteiger partial charge < -0.3 is 20.2 Å². The van der Waals surface area contributed by atoms with Gasteiger partial charge in [-0.25, -0.2) is 4.57 Å². The van der Waals surface area contributed by atoms with Crippen LogP contribution in [-0.4, -0.2) is 21.7 Å².